The van der Waals surface area contributed by atoms with Crippen LogP contribution in [0.5, 0.6) is 0 Å². The van der Waals surface area contributed by atoms with Gasteiger partial charge in [-0.2, -0.15) is 0 Å². The minimum atomic E-state index is -2.09. The first-order valence-corrected chi connectivity index (χ1v) is 15.2. The molecule has 2 unspecified atom stereocenters. The van der Waals surface area contributed by atoms with E-state index in [9.17, 15) is 19.8 Å². The highest BCUT2D eigenvalue weighted by molar-refractivity contribution is 7.38. The van der Waals surface area contributed by atoms with Gasteiger partial charge in [-0.1, -0.05) is 33.0 Å². The van der Waals surface area contributed by atoms with Crippen molar-refractivity contribution in [3.63, 3.8) is 0 Å². The molecule has 0 spiro atoms. The Labute approximate surface area is 135 Å². The molecule has 0 aromatic carbocycles. The van der Waals surface area contributed by atoms with E-state index in [0.717, 1.165) is 6.04 Å². The third-order valence-corrected chi connectivity index (χ3v) is 22.3. The molecule has 7 heteroatoms. The zero-order chi connectivity index (χ0) is 17.3. The van der Waals surface area contributed by atoms with Crippen molar-refractivity contribution in [1.82, 2.24) is 0 Å². The number of aliphatic carboxylic acids is 2. The van der Waals surface area contributed by atoms with E-state index in [-0.39, 0.29) is 0 Å². The maximum Gasteiger partial charge on any atom is 0.309 e. The molecule has 2 atom stereocenters. The van der Waals surface area contributed by atoms with Gasteiger partial charge < -0.3 is 14.6 Å². The van der Waals surface area contributed by atoms with Crippen LogP contribution in [0.1, 0.15) is 33.1 Å². The summed E-state index contributed by atoms with van der Waals surface area (Å²) in [5.41, 5.74) is -1.06. The van der Waals surface area contributed by atoms with Gasteiger partial charge in [0.25, 0.3) is 0 Å². The molecule has 0 bridgehead atoms. The third kappa shape index (κ3) is 3.16. The van der Waals surface area contributed by atoms with Crippen LogP contribution in [0.3, 0.4) is 0 Å². The van der Waals surface area contributed by atoms with E-state index in [1.165, 1.54) is 0 Å². The fourth-order valence-electron chi connectivity index (χ4n) is 3.66. The highest BCUT2D eigenvalue weighted by atomic mass is 29.3. The minimum absolute atomic E-state index is 0.394. The molecule has 0 saturated carbocycles. The Balaban J connectivity index is 3.42. The molecule has 5 nitrogen and oxygen atoms in total. The molecule has 0 radical (unpaired) electrons. The van der Waals surface area contributed by atoms with Gasteiger partial charge in [-0.3, -0.25) is 9.59 Å². The zero-order valence-corrected chi connectivity index (χ0v) is 16.6. The smallest absolute Gasteiger partial charge is 0.309 e. The first kappa shape index (κ1) is 19.4. The monoisotopic (exact) mass is 346 g/mol. The average molecular weight is 347 g/mol. The molecule has 1 fully saturated rings. The van der Waals surface area contributed by atoms with E-state index in [1.54, 1.807) is 0 Å². The Morgan fingerprint density at radius 3 is 1.73 bits per heavy atom. The highest BCUT2D eigenvalue weighted by Gasteiger charge is 2.60. The van der Waals surface area contributed by atoms with Gasteiger partial charge in [0.05, 0.1) is 25.0 Å². The van der Waals surface area contributed by atoms with Crippen LogP contribution in [0.2, 0.25) is 32.2 Å². The Bertz CT molecular complexity index is 425. The van der Waals surface area contributed by atoms with Crippen LogP contribution in [0.4, 0.5) is 0 Å². The van der Waals surface area contributed by atoms with Gasteiger partial charge in [0, 0.05) is 0 Å². The number of hydrogen-bond donors (Lipinski definition) is 2. The molecule has 1 saturated heterocycles. The van der Waals surface area contributed by atoms with Gasteiger partial charge >= 0.3 is 11.9 Å². The number of carbonyl (C=O) groups is 2. The van der Waals surface area contributed by atoms with Crippen molar-refractivity contribution in [2.75, 3.05) is 0 Å². The second-order valence-corrected chi connectivity index (χ2v) is 22.7. The van der Waals surface area contributed by atoms with E-state index in [0.29, 0.717) is 19.3 Å². The fourth-order valence-corrected chi connectivity index (χ4v) is 10.5. The van der Waals surface area contributed by atoms with Gasteiger partial charge in [0.2, 0.25) is 0 Å². The topological polar surface area (TPSA) is 83.8 Å². The number of hydrogen-bond acceptors (Lipinski definition) is 3. The molecule has 0 aromatic rings. The summed E-state index contributed by atoms with van der Waals surface area (Å²) in [4.78, 5) is 23.6. The number of rotatable bonds is 6. The van der Waals surface area contributed by atoms with Gasteiger partial charge in [0.1, 0.15) is 0 Å². The standard InChI is InChI=1S/C15H30O5Si2/c1-7-11(13(16)17)15(12(8-2)14(18)19)9-10-21(3,4)22(5,6)20-15/h11-12H,7-10H2,1-6H3,(H,16,17)(H,18,19). The largest absolute Gasteiger partial charge is 0.481 e. The van der Waals surface area contributed by atoms with Crippen LogP contribution in [-0.2, 0) is 14.0 Å². The Hall–Kier alpha value is -0.666. The lowest BCUT2D eigenvalue weighted by Gasteiger charge is -2.55. The highest BCUT2D eigenvalue weighted by Crippen LogP contribution is 2.48. The summed E-state index contributed by atoms with van der Waals surface area (Å²) in [6.45, 7) is 12.5. The van der Waals surface area contributed by atoms with Crippen LogP contribution in [0.25, 0.3) is 0 Å². The van der Waals surface area contributed by atoms with Crippen LogP contribution in [0.15, 0.2) is 0 Å². The summed E-state index contributed by atoms with van der Waals surface area (Å²) in [5.74, 6) is -3.39. The van der Waals surface area contributed by atoms with Gasteiger partial charge in [-0.05, 0) is 32.4 Å². The van der Waals surface area contributed by atoms with Gasteiger partial charge in [-0.25, -0.2) is 0 Å². The number of carboxylic acids is 2. The van der Waals surface area contributed by atoms with Crippen molar-refractivity contribution in [3.8, 4) is 0 Å². The maximum absolute atomic E-state index is 11.8. The van der Waals surface area contributed by atoms with Crippen molar-refractivity contribution >= 4 is 27.4 Å². The summed E-state index contributed by atoms with van der Waals surface area (Å²) in [6.07, 6.45) is 1.34. The fraction of sp³-hybridized carbons (Fsp3) is 0.867. The average Bonchev–Trinajstić information content (AvgIpc) is 2.34. The minimum Gasteiger partial charge on any atom is -0.481 e. The Morgan fingerprint density at radius 1 is 1.05 bits per heavy atom. The van der Waals surface area contributed by atoms with Crippen molar-refractivity contribution in [3.05, 3.63) is 0 Å². The third-order valence-electron chi connectivity index (χ3n) is 5.81. The molecule has 1 heterocycles. The lowest BCUT2D eigenvalue weighted by molar-refractivity contribution is -0.166. The Morgan fingerprint density at radius 2 is 1.45 bits per heavy atom. The molecule has 1 rings (SSSR count). The second-order valence-electron chi connectivity index (χ2n) is 7.55. The molecular formula is C15H30O5Si2. The predicted octanol–water partition coefficient (Wildman–Crippen LogP) is 3.36. The predicted molar refractivity (Wildman–Crippen MR) is 91.0 cm³/mol. The molecule has 1 aliphatic rings. The summed E-state index contributed by atoms with van der Waals surface area (Å²) in [5, 5.41) is 19.3. The van der Waals surface area contributed by atoms with Crippen molar-refractivity contribution in [2.24, 2.45) is 11.8 Å². The van der Waals surface area contributed by atoms with Crippen LogP contribution in [0, 0.1) is 11.8 Å². The van der Waals surface area contributed by atoms with E-state index in [1.807, 2.05) is 13.8 Å². The van der Waals surface area contributed by atoms with Crippen LogP contribution in [-0.4, -0.2) is 43.2 Å². The van der Waals surface area contributed by atoms with E-state index in [4.69, 9.17) is 4.43 Å². The lowest BCUT2D eigenvalue weighted by atomic mass is 9.72. The second kappa shape index (κ2) is 6.45. The molecule has 0 aliphatic carbocycles. The molecular weight excluding hydrogens is 316 g/mol. The van der Waals surface area contributed by atoms with E-state index in [2.05, 4.69) is 26.2 Å². The van der Waals surface area contributed by atoms with Gasteiger partial charge in [-0.15, -0.1) is 0 Å². The lowest BCUT2D eigenvalue weighted by Crippen LogP contribution is -2.70. The normalized spacial score (nSPS) is 29.5. The molecule has 22 heavy (non-hydrogen) atoms. The molecule has 0 aromatic heterocycles. The van der Waals surface area contributed by atoms with Crippen LogP contribution >= 0.6 is 0 Å². The number of carboxylic acid groups (broad SMARTS) is 2. The summed E-state index contributed by atoms with van der Waals surface area (Å²) in [6, 6.07) is 0.944. The first-order chi connectivity index (χ1) is 9.95. The molecule has 128 valence electrons. The summed E-state index contributed by atoms with van der Waals surface area (Å²) < 4.78 is 6.54. The molecule has 2 N–H and O–H groups in total. The van der Waals surface area contributed by atoms with Crippen molar-refractivity contribution < 1.29 is 24.2 Å². The molecule has 1 aliphatic heterocycles. The van der Waals surface area contributed by atoms with Gasteiger partial charge in [0.15, 0.2) is 7.83 Å². The zero-order valence-electron chi connectivity index (χ0n) is 14.6. The quantitative estimate of drug-likeness (QED) is 0.720. The SMILES string of the molecule is CCC(C(=O)O)C1(C(CC)C(=O)O)CC[Si](C)(C)[Si](C)(C)O1. The van der Waals surface area contributed by atoms with Crippen molar-refractivity contribution in [1.29, 1.82) is 0 Å². The van der Waals surface area contributed by atoms with E-state index < -0.39 is 44.8 Å². The Kier molecular flexibility index (Phi) is 5.68. The van der Waals surface area contributed by atoms with E-state index >= 15 is 0 Å². The summed E-state index contributed by atoms with van der Waals surface area (Å²) >= 11 is 0. The maximum atomic E-state index is 11.8. The first-order valence-electron chi connectivity index (χ1n) is 8.11. The molecule has 0 amide bonds. The van der Waals surface area contributed by atoms with Crippen molar-refractivity contribution in [2.45, 2.75) is 70.9 Å². The summed E-state index contributed by atoms with van der Waals surface area (Å²) in [7, 11) is -3.65. The van der Waals surface area contributed by atoms with Crippen LogP contribution < -0.4 is 0 Å².